The van der Waals surface area contributed by atoms with E-state index in [1.54, 1.807) is 24.4 Å². The van der Waals surface area contributed by atoms with Gasteiger partial charge in [-0.15, -0.1) is 0 Å². The minimum atomic E-state index is -0.535. The number of halogens is 2. The summed E-state index contributed by atoms with van der Waals surface area (Å²) in [5.74, 6) is 1.07. The molecule has 0 bridgehead atoms. The van der Waals surface area contributed by atoms with Crippen LogP contribution in [0.1, 0.15) is 55.7 Å². The van der Waals surface area contributed by atoms with E-state index in [0.717, 1.165) is 61.2 Å². The van der Waals surface area contributed by atoms with Crippen LogP contribution >= 0.6 is 23.4 Å². The Hall–Kier alpha value is -4.16. The summed E-state index contributed by atoms with van der Waals surface area (Å²) in [6.45, 7) is 0.412. The molecule has 7 N–H and O–H groups in total. The number of fused-ring (bicyclic) bond motifs is 1. The van der Waals surface area contributed by atoms with Crippen LogP contribution in [0, 0.1) is 11.2 Å². The Kier molecular flexibility index (Phi) is 11.4. The second kappa shape index (κ2) is 16.0. The molecule has 12 heteroatoms. The Morgan fingerprint density at radius 3 is 2.71 bits per heavy atom. The number of ether oxygens (including phenoxy) is 1. The third kappa shape index (κ3) is 8.90. The smallest absolute Gasteiger partial charge is 0.354 e. The molecule has 3 heterocycles. The first-order valence-electron chi connectivity index (χ1n) is 16.6. The van der Waals surface area contributed by atoms with Gasteiger partial charge in [0, 0.05) is 41.0 Å². The zero-order valence-electron chi connectivity index (χ0n) is 27.1. The Morgan fingerprint density at radius 1 is 1.14 bits per heavy atom. The van der Waals surface area contributed by atoms with Gasteiger partial charge in [-0.25, -0.2) is 9.18 Å². The average Bonchev–Trinajstić information content (AvgIpc) is 3.51. The fourth-order valence-electron chi connectivity index (χ4n) is 6.37. The number of piperidine rings is 1. The molecule has 0 amide bonds. The van der Waals surface area contributed by atoms with Crippen molar-refractivity contribution in [1.29, 1.82) is 5.41 Å². The maximum atomic E-state index is 15.3. The highest BCUT2D eigenvalue weighted by Crippen LogP contribution is 2.32. The predicted molar refractivity (Wildman–Crippen MR) is 197 cm³/mol. The van der Waals surface area contributed by atoms with Crippen LogP contribution in [-0.4, -0.2) is 44.1 Å². The summed E-state index contributed by atoms with van der Waals surface area (Å²) in [5, 5.41) is 12.0. The van der Waals surface area contributed by atoms with Crippen molar-refractivity contribution in [2.24, 2.45) is 11.5 Å². The Balaban J connectivity index is 1.12. The number of aryl methyl sites for hydroxylation is 1. The number of rotatable bonds is 13. The van der Waals surface area contributed by atoms with Gasteiger partial charge in [0.15, 0.2) is 11.0 Å². The molecule has 0 radical (unpaired) electrons. The lowest BCUT2D eigenvalue weighted by atomic mass is 9.92. The van der Waals surface area contributed by atoms with Crippen LogP contribution in [0.25, 0.3) is 28.0 Å². The predicted octanol–water partition coefficient (Wildman–Crippen LogP) is 7.10. The SMILES string of the molecule is N=C(N)SCC[C@@H]1CCC[C@@H](c2ccc(-n3cc4cc(-c5cc(CCC[C@@H](N)COc6ccccc6)cc(Cl)c5F)[nH]c4nc3=O)cc2)N1. The summed E-state index contributed by atoms with van der Waals surface area (Å²) < 4.78 is 22.6. The molecule has 1 aliphatic rings. The number of aromatic nitrogens is 3. The van der Waals surface area contributed by atoms with E-state index >= 15 is 4.39 Å². The van der Waals surface area contributed by atoms with Crippen molar-refractivity contribution in [3.63, 3.8) is 0 Å². The Morgan fingerprint density at radius 2 is 1.94 bits per heavy atom. The van der Waals surface area contributed by atoms with Gasteiger partial charge in [0.1, 0.15) is 18.0 Å². The van der Waals surface area contributed by atoms with Crippen LogP contribution in [-0.2, 0) is 6.42 Å². The molecule has 256 valence electrons. The molecule has 0 saturated carbocycles. The van der Waals surface area contributed by atoms with E-state index in [1.165, 1.54) is 16.3 Å². The third-order valence-electron chi connectivity index (χ3n) is 8.91. The van der Waals surface area contributed by atoms with Crippen molar-refractivity contribution in [1.82, 2.24) is 19.9 Å². The highest BCUT2D eigenvalue weighted by Gasteiger charge is 2.22. The molecular formula is C37H41ClFN7O2S. The molecular weight excluding hydrogens is 661 g/mol. The number of para-hydroxylation sites is 1. The second-order valence-electron chi connectivity index (χ2n) is 12.5. The summed E-state index contributed by atoms with van der Waals surface area (Å²) in [4.78, 5) is 20.5. The van der Waals surface area contributed by atoms with Gasteiger partial charge in [-0.2, -0.15) is 4.98 Å². The van der Waals surface area contributed by atoms with Crippen LogP contribution < -0.4 is 27.2 Å². The number of nitrogens with two attached hydrogens (primary N) is 2. The van der Waals surface area contributed by atoms with Gasteiger partial charge in [0.2, 0.25) is 0 Å². The van der Waals surface area contributed by atoms with E-state index in [-0.39, 0.29) is 22.3 Å². The third-order valence-corrected chi connectivity index (χ3v) is 9.94. The number of nitrogens with one attached hydrogen (secondary N) is 3. The first-order chi connectivity index (χ1) is 23.7. The van der Waals surface area contributed by atoms with E-state index in [4.69, 9.17) is 33.2 Å². The molecule has 2 aromatic heterocycles. The fourth-order valence-corrected chi connectivity index (χ4v) is 7.23. The number of hydrogen-bond donors (Lipinski definition) is 5. The largest absolute Gasteiger partial charge is 0.492 e. The van der Waals surface area contributed by atoms with Gasteiger partial charge in [-0.05, 0) is 92.1 Å². The van der Waals surface area contributed by atoms with Crippen LogP contribution in [0.2, 0.25) is 5.02 Å². The molecule has 9 nitrogen and oxygen atoms in total. The number of benzene rings is 3. The summed E-state index contributed by atoms with van der Waals surface area (Å²) in [6.07, 6.45) is 8.13. The lowest BCUT2D eigenvalue weighted by Gasteiger charge is -2.31. The van der Waals surface area contributed by atoms with Crippen LogP contribution in [0.4, 0.5) is 4.39 Å². The van der Waals surface area contributed by atoms with Crippen molar-refractivity contribution < 1.29 is 9.13 Å². The van der Waals surface area contributed by atoms with Gasteiger partial charge >= 0.3 is 5.69 Å². The van der Waals surface area contributed by atoms with Crippen molar-refractivity contribution in [2.45, 2.75) is 63.1 Å². The lowest BCUT2D eigenvalue weighted by molar-refractivity contribution is 0.280. The van der Waals surface area contributed by atoms with Crippen LogP contribution in [0.5, 0.6) is 5.75 Å². The first-order valence-corrected chi connectivity index (χ1v) is 18.0. The van der Waals surface area contributed by atoms with Crippen molar-refractivity contribution in [3.05, 3.63) is 111 Å². The Labute approximate surface area is 294 Å². The normalized spacial score (nSPS) is 16.9. The van der Waals surface area contributed by atoms with E-state index in [0.29, 0.717) is 47.0 Å². The monoisotopic (exact) mass is 701 g/mol. The zero-order chi connectivity index (χ0) is 34.3. The molecule has 0 aliphatic carbocycles. The van der Waals surface area contributed by atoms with Gasteiger partial charge in [-0.3, -0.25) is 9.98 Å². The number of aromatic amines is 1. The molecule has 0 unspecified atom stereocenters. The number of nitrogens with zero attached hydrogens (tertiary/aromatic N) is 2. The maximum Gasteiger partial charge on any atom is 0.354 e. The number of H-pyrrole nitrogens is 1. The number of amidine groups is 1. The average molecular weight is 702 g/mol. The van der Waals surface area contributed by atoms with Crippen molar-refractivity contribution in [2.75, 3.05) is 12.4 Å². The van der Waals surface area contributed by atoms with Gasteiger partial charge in [-0.1, -0.05) is 60.1 Å². The molecule has 1 fully saturated rings. The first kappa shape index (κ1) is 34.7. The summed E-state index contributed by atoms with van der Waals surface area (Å²) in [6, 6.07) is 23.2. The number of thioether (sulfide) groups is 1. The molecule has 3 aromatic carbocycles. The van der Waals surface area contributed by atoms with Crippen LogP contribution in [0.15, 0.2) is 83.8 Å². The quantitative estimate of drug-likeness (QED) is 0.0650. The fraction of sp³-hybridized carbons (Fsp3) is 0.324. The zero-order valence-corrected chi connectivity index (χ0v) is 28.7. The summed E-state index contributed by atoms with van der Waals surface area (Å²) >= 11 is 7.73. The highest BCUT2D eigenvalue weighted by atomic mass is 35.5. The summed E-state index contributed by atoms with van der Waals surface area (Å²) in [5.41, 5.74) is 15.2. The van der Waals surface area contributed by atoms with Gasteiger partial charge < -0.3 is 26.5 Å². The molecule has 6 rings (SSSR count). The maximum absolute atomic E-state index is 15.3. The van der Waals surface area contributed by atoms with Crippen LogP contribution in [0.3, 0.4) is 0 Å². The molecule has 5 aromatic rings. The second-order valence-corrected chi connectivity index (χ2v) is 14.1. The van der Waals surface area contributed by atoms with E-state index in [2.05, 4.69) is 15.3 Å². The van der Waals surface area contributed by atoms with Gasteiger partial charge in [0.05, 0.1) is 16.4 Å². The van der Waals surface area contributed by atoms with Gasteiger partial charge in [0.25, 0.3) is 0 Å². The molecule has 49 heavy (non-hydrogen) atoms. The van der Waals surface area contributed by atoms with E-state index in [1.807, 2.05) is 54.6 Å². The minimum Gasteiger partial charge on any atom is -0.492 e. The molecule has 1 saturated heterocycles. The van der Waals surface area contributed by atoms with E-state index in [9.17, 15) is 4.79 Å². The highest BCUT2D eigenvalue weighted by molar-refractivity contribution is 8.13. The standard InChI is InChI=1S/C37H41ClFN7O2S/c38-31-19-23(6-4-7-26(40)22-48-29-9-2-1-3-10-29)18-30(34(31)39)33-20-25-21-46(37(47)45-35(25)44-33)28-14-12-24(13-15-28)32-11-5-8-27(43-32)16-17-49-36(41)42/h1-3,9-10,12-15,18-21,26-27,32,43H,4-8,11,16-17,22,40H2,(H3,41,42)(H,44,45,47)/t26-,27+,32+/m1/s1. The molecule has 3 atom stereocenters. The van der Waals surface area contributed by atoms with Crippen molar-refractivity contribution >= 4 is 39.6 Å². The molecule has 0 spiro atoms. The minimum absolute atomic E-state index is 0.0317. The summed E-state index contributed by atoms with van der Waals surface area (Å²) in [7, 11) is 0. The van der Waals surface area contributed by atoms with E-state index < -0.39 is 11.5 Å². The lowest BCUT2D eigenvalue weighted by Crippen LogP contribution is -2.37. The topological polar surface area (TPSA) is 148 Å². The molecule has 1 aliphatic heterocycles. The van der Waals surface area contributed by atoms with Crippen molar-refractivity contribution in [3.8, 4) is 22.7 Å². The Bertz CT molecular complexity index is 1950. The number of hydrogen-bond acceptors (Lipinski definition) is 7.